The normalized spacial score (nSPS) is 25.3. The topological polar surface area (TPSA) is 18.5 Å². The van der Waals surface area contributed by atoms with Crippen LogP contribution in [0.4, 0.5) is 0 Å². The Morgan fingerprint density at radius 3 is 2.14 bits per heavy atom. The number of ether oxygens (including phenoxy) is 2. The second kappa shape index (κ2) is 2.28. The van der Waals surface area contributed by atoms with Gasteiger partial charge in [-0.2, -0.15) is 0 Å². The molecule has 1 aliphatic heterocycles. The summed E-state index contributed by atoms with van der Waals surface area (Å²) in [4.78, 5) is 0. The van der Waals surface area contributed by atoms with Gasteiger partial charge in [0.2, 0.25) is 0 Å². The van der Waals surface area contributed by atoms with Crippen molar-refractivity contribution in [1.29, 1.82) is 0 Å². The molecule has 2 heteroatoms. The molecule has 0 saturated carbocycles. The molecule has 1 fully saturated rings. The van der Waals surface area contributed by atoms with Crippen molar-refractivity contribution in [3.63, 3.8) is 0 Å². The average Bonchev–Trinajstić information content (AvgIpc) is 1.69. The van der Waals surface area contributed by atoms with Crippen molar-refractivity contribution < 1.29 is 9.47 Å². The minimum Gasteiger partial charge on any atom is -0.353 e. The van der Waals surface area contributed by atoms with Crippen molar-refractivity contribution in [3.8, 4) is 0 Å². The predicted octanol–water partition coefficient (Wildman–Crippen LogP) is 0.583. The Kier molecular flexibility index (Phi) is 1.65. The monoisotopic (exact) mass is 101 g/mol. The Hall–Kier alpha value is -0.0800. The highest BCUT2D eigenvalue weighted by atomic mass is 16.7. The minimum atomic E-state index is -0.214. The van der Waals surface area contributed by atoms with Crippen LogP contribution in [0.5, 0.6) is 0 Å². The van der Waals surface area contributed by atoms with Gasteiger partial charge in [-0.3, -0.25) is 0 Å². The summed E-state index contributed by atoms with van der Waals surface area (Å²) >= 11 is 0. The summed E-state index contributed by atoms with van der Waals surface area (Å²) in [6.45, 7) is 5.15. The molecule has 0 aliphatic carbocycles. The first-order chi connectivity index (χ1) is 3.39. The summed E-state index contributed by atoms with van der Waals surface area (Å²) < 4.78 is 9.89. The molecule has 0 amide bonds. The number of rotatable bonds is 0. The van der Waals surface area contributed by atoms with E-state index >= 15 is 0 Å². The van der Waals surface area contributed by atoms with Crippen LogP contribution in [0, 0.1) is 6.92 Å². The first kappa shape index (κ1) is 5.06. The Morgan fingerprint density at radius 1 is 1.29 bits per heavy atom. The van der Waals surface area contributed by atoms with Crippen molar-refractivity contribution in [3.05, 3.63) is 6.92 Å². The molecular weight excluding hydrogens is 92.1 g/mol. The highest BCUT2D eigenvalue weighted by molar-refractivity contribution is 4.50. The summed E-state index contributed by atoms with van der Waals surface area (Å²) in [5.41, 5.74) is 0. The van der Waals surface area contributed by atoms with Crippen LogP contribution in [0.2, 0.25) is 0 Å². The first-order valence-corrected chi connectivity index (χ1v) is 2.46. The SMILES string of the molecule is [CH2]C1OCCCO1. The largest absolute Gasteiger partial charge is 0.353 e. The van der Waals surface area contributed by atoms with Gasteiger partial charge in [0.25, 0.3) is 0 Å². The van der Waals surface area contributed by atoms with E-state index in [1.165, 1.54) is 0 Å². The fourth-order valence-corrected chi connectivity index (χ4v) is 0.537. The molecule has 2 nitrogen and oxygen atoms in total. The first-order valence-electron chi connectivity index (χ1n) is 2.46. The standard InChI is InChI=1S/C5H9O2/c1-5-6-3-2-4-7-5/h5H,1-4H2. The lowest BCUT2D eigenvalue weighted by molar-refractivity contribution is -0.151. The van der Waals surface area contributed by atoms with E-state index in [9.17, 15) is 0 Å². The van der Waals surface area contributed by atoms with Gasteiger partial charge in [0.15, 0.2) is 6.29 Å². The molecule has 1 heterocycles. The molecule has 1 saturated heterocycles. The van der Waals surface area contributed by atoms with Gasteiger partial charge in [-0.05, 0) is 6.42 Å². The molecule has 0 unspecified atom stereocenters. The minimum absolute atomic E-state index is 0.214. The van der Waals surface area contributed by atoms with Crippen LogP contribution < -0.4 is 0 Å². The Morgan fingerprint density at radius 2 is 1.86 bits per heavy atom. The lowest BCUT2D eigenvalue weighted by Crippen LogP contribution is -2.21. The zero-order chi connectivity index (χ0) is 5.11. The summed E-state index contributed by atoms with van der Waals surface area (Å²) in [5.74, 6) is 0. The maximum atomic E-state index is 4.94. The van der Waals surface area contributed by atoms with Crippen molar-refractivity contribution in [2.45, 2.75) is 12.7 Å². The summed E-state index contributed by atoms with van der Waals surface area (Å²) in [6, 6.07) is 0. The third-order valence-electron chi connectivity index (χ3n) is 0.896. The van der Waals surface area contributed by atoms with Crippen molar-refractivity contribution in [2.24, 2.45) is 0 Å². The second-order valence-electron chi connectivity index (χ2n) is 1.52. The van der Waals surface area contributed by atoms with Gasteiger partial charge < -0.3 is 9.47 Å². The highest BCUT2D eigenvalue weighted by Gasteiger charge is 2.05. The molecule has 1 radical (unpaired) electrons. The smallest absolute Gasteiger partial charge is 0.157 e. The molecular formula is C5H9O2. The van der Waals surface area contributed by atoms with E-state index < -0.39 is 0 Å². The summed E-state index contributed by atoms with van der Waals surface area (Å²) in [6.07, 6.45) is 0.792. The molecule has 0 aromatic carbocycles. The van der Waals surface area contributed by atoms with Crippen LogP contribution in [0.1, 0.15) is 6.42 Å². The third-order valence-corrected chi connectivity index (χ3v) is 0.896. The lowest BCUT2D eigenvalue weighted by atomic mass is 10.4. The zero-order valence-corrected chi connectivity index (χ0v) is 4.22. The van der Waals surface area contributed by atoms with Crippen LogP contribution >= 0.6 is 0 Å². The van der Waals surface area contributed by atoms with Gasteiger partial charge in [-0.15, -0.1) is 0 Å². The average molecular weight is 101 g/mol. The molecule has 0 N–H and O–H groups in total. The molecule has 7 heavy (non-hydrogen) atoms. The van der Waals surface area contributed by atoms with Crippen LogP contribution in [-0.4, -0.2) is 19.5 Å². The molecule has 0 bridgehead atoms. The van der Waals surface area contributed by atoms with Crippen LogP contribution in [0.15, 0.2) is 0 Å². The summed E-state index contributed by atoms with van der Waals surface area (Å²) in [7, 11) is 0. The third kappa shape index (κ3) is 1.45. The van der Waals surface area contributed by atoms with Gasteiger partial charge in [0.1, 0.15) is 0 Å². The predicted molar refractivity (Wildman–Crippen MR) is 25.7 cm³/mol. The Balaban J connectivity index is 2.12. The maximum absolute atomic E-state index is 4.94. The lowest BCUT2D eigenvalue weighted by Gasteiger charge is -2.18. The van der Waals surface area contributed by atoms with Gasteiger partial charge in [-0.25, -0.2) is 0 Å². The van der Waals surface area contributed by atoms with E-state index in [-0.39, 0.29) is 6.29 Å². The van der Waals surface area contributed by atoms with Crippen molar-refractivity contribution in [2.75, 3.05) is 13.2 Å². The van der Waals surface area contributed by atoms with E-state index in [0.717, 1.165) is 19.6 Å². The van der Waals surface area contributed by atoms with Gasteiger partial charge >= 0.3 is 0 Å². The second-order valence-corrected chi connectivity index (χ2v) is 1.52. The fraction of sp³-hybridized carbons (Fsp3) is 0.800. The molecule has 1 aliphatic rings. The van der Waals surface area contributed by atoms with E-state index in [1.54, 1.807) is 0 Å². The number of hydrogen-bond acceptors (Lipinski definition) is 2. The van der Waals surface area contributed by atoms with Crippen LogP contribution in [0.3, 0.4) is 0 Å². The van der Waals surface area contributed by atoms with Gasteiger partial charge in [0.05, 0.1) is 13.2 Å². The van der Waals surface area contributed by atoms with E-state index in [2.05, 4.69) is 6.92 Å². The fourth-order valence-electron chi connectivity index (χ4n) is 0.537. The van der Waals surface area contributed by atoms with Crippen LogP contribution in [-0.2, 0) is 9.47 Å². The zero-order valence-electron chi connectivity index (χ0n) is 4.22. The number of hydrogen-bond donors (Lipinski definition) is 0. The molecule has 0 spiro atoms. The molecule has 0 aromatic rings. The van der Waals surface area contributed by atoms with Gasteiger partial charge in [-0.1, -0.05) is 0 Å². The molecule has 0 atom stereocenters. The van der Waals surface area contributed by atoms with E-state index in [0.29, 0.717) is 0 Å². The molecule has 1 rings (SSSR count). The summed E-state index contributed by atoms with van der Waals surface area (Å²) in [5, 5.41) is 0. The highest BCUT2D eigenvalue weighted by Crippen LogP contribution is 2.01. The molecule has 41 valence electrons. The van der Waals surface area contributed by atoms with Crippen molar-refractivity contribution >= 4 is 0 Å². The van der Waals surface area contributed by atoms with E-state index in [4.69, 9.17) is 9.47 Å². The van der Waals surface area contributed by atoms with Crippen molar-refractivity contribution in [1.82, 2.24) is 0 Å². The van der Waals surface area contributed by atoms with Gasteiger partial charge in [0, 0.05) is 6.92 Å². The van der Waals surface area contributed by atoms with Crippen LogP contribution in [0.25, 0.3) is 0 Å². The quantitative estimate of drug-likeness (QED) is 0.444. The Labute approximate surface area is 43.4 Å². The van der Waals surface area contributed by atoms with E-state index in [1.807, 2.05) is 0 Å². The molecule has 0 aromatic heterocycles. The Bertz CT molecular complexity index is 48.0. The maximum Gasteiger partial charge on any atom is 0.157 e.